The summed E-state index contributed by atoms with van der Waals surface area (Å²) in [6, 6.07) is -0.937. The molecule has 1 rings (SSSR count). The SMILES string of the molecule is CCOc1c(N[C@@H](C)C(=O)O)c(=O)c1=O. The molecule has 1 aromatic carbocycles. The minimum Gasteiger partial charge on any atom is -0.488 e. The predicted octanol–water partition coefficient (Wildman–Crippen LogP) is -0.434. The fourth-order valence-corrected chi connectivity index (χ4v) is 1.06. The predicted molar refractivity (Wildman–Crippen MR) is 53.2 cm³/mol. The van der Waals surface area contributed by atoms with Gasteiger partial charge in [-0.25, -0.2) is 0 Å². The number of ether oxygens (including phenoxy) is 1. The smallest absolute Gasteiger partial charge is 0.325 e. The maximum absolute atomic E-state index is 11.1. The van der Waals surface area contributed by atoms with Crippen molar-refractivity contribution in [2.45, 2.75) is 19.9 Å². The van der Waals surface area contributed by atoms with Crippen LogP contribution in [0.3, 0.4) is 0 Å². The Bertz CT molecular complexity index is 443. The summed E-state index contributed by atoms with van der Waals surface area (Å²) >= 11 is 0. The molecule has 6 nitrogen and oxygen atoms in total. The van der Waals surface area contributed by atoms with Gasteiger partial charge in [-0.05, 0) is 13.8 Å². The molecular weight excluding hydrogens is 202 g/mol. The summed E-state index contributed by atoms with van der Waals surface area (Å²) in [5, 5.41) is 11.0. The molecule has 82 valence electrons. The molecule has 0 fully saturated rings. The van der Waals surface area contributed by atoms with Crippen LogP contribution in [0.2, 0.25) is 0 Å². The van der Waals surface area contributed by atoms with Crippen LogP contribution in [0, 0.1) is 0 Å². The molecule has 1 aromatic rings. The largest absolute Gasteiger partial charge is 0.488 e. The number of aliphatic carboxylic acids is 1. The van der Waals surface area contributed by atoms with Crippen LogP contribution >= 0.6 is 0 Å². The first-order valence-corrected chi connectivity index (χ1v) is 4.44. The van der Waals surface area contributed by atoms with Gasteiger partial charge in [-0.15, -0.1) is 0 Å². The molecule has 0 aliphatic heterocycles. The quantitative estimate of drug-likeness (QED) is 0.644. The van der Waals surface area contributed by atoms with Crippen LogP contribution in [-0.2, 0) is 4.79 Å². The molecule has 0 aliphatic rings. The molecule has 0 amide bonds. The van der Waals surface area contributed by atoms with E-state index in [9.17, 15) is 14.4 Å². The second-order valence-electron chi connectivity index (χ2n) is 3.00. The van der Waals surface area contributed by atoms with Gasteiger partial charge in [0, 0.05) is 0 Å². The van der Waals surface area contributed by atoms with Crippen molar-refractivity contribution in [3.05, 3.63) is 20.4 Å². The number of anilines is 1. The lowest BCUT2D eigenvalue weighted by Crippen LogP contribution is -2.39. The van der Waals surface area contributed by atoms with E-state index in [1.807, 2.05) is 0 Å². The average Bonchev–Trinajstić information content (AvgIpc) is 2.22. The number of hydrogen-bond donors (Lipinski definition) is 2. The first-order chi connectivity index (χ1) is 6.99. The van der Waals surface area contributed by atoms with Crippen molar-refractivity contribution in [3.8, 4) is 5.75 Å². The average molecular weight is 213 g/mol. The third-order valence-corrected chi connectivity index (χ3v) is 1.89. The Balaban J connectivity index is 2.87. The summed E-state index contributed by atoms with van der Waals surface area (Å²) in [5.41, 5.74) is -1.49. The Morgan fingerprint density at radius 1 is 1.47 bits per heavy atom. The van der Waals surface area contributed by atoms with E-state index in [1.165, 1.54) is 6.92 Å². The van der Waals surface area contributed by atoms with Crippen molar-refractivity contribution in [3.63, 3.8) is 0 Å². The van der Waals surface area contributed by atoms with Gasteiger partial charge in [0.25, 0.3) is 10.9 Å². The normalized spacial score (nSPS) is 12.4. The number of carboxylic acid groups (broad SMARTS) is 1. The Hall–Kier alpha value is -1.85. The van der Waals surface area contributed by atoms with Gasteiger partial charge >= 0.3 is 5.97 Å². The number of hydrogen-bond acceptors (Lipinski definition) is 5. The Morgan fingerprint density at radius 2 is 2.07 bits per heavy atom. The van der Waals surface area contributed by atoms with Crippen molar-refractivity contribution in [2.75, 3.05) is 11.9 Å². The second-order valence-corrected chi connectivity index (χ2v) is 3.00. The van der Waals surface area contributed by atoms with E-state index in [0.717, 1.165) is 0 Å². The van der Waals surface area contributed by atoms with Gasteiger partial charge in [0.1, 0.15) is 11.7 Å². The van der Waals surface area contributed by atoms with Crippen molar-refractivity contribution >= 4 is 11.7 Å². The molecule has 0 spiro atoms. The summed E-state index contributed by atoms with van der Waals surface area (Å²) < 4.78 is 4.91. The summed E-state index contributed by atoms with van der Waals surface area (Å²) in [5.74, 6) is -1.18. The third kappa shape index (κ3) is 1.98. The van der Waals surface area contributed by atoms with E-state index in [1.54, 1.807) is 6.92 Å². The van der Waals surface area contributed by atoms with Crippen molar-refractivity contribution in [1.82, 2.24) is 0 Å². The van der Waals surface area contributed by atoms with Crippen molar-refractivity contribution in [1.29, 1.82) is 0 Å². The topological polar surface area (TPSA) is 92.7 Å². The van der Waals surface area contributed by atoms with Crippen LogP contribution in [0.1, 0.15) is 13.8 Å². The van der Waals surface area contributed by atoms with Gasteiger partial charge in [0.15, 0.2) is 5.75 Å². The highest BCUT2D eigenvalue weighted by Crippen LogP contribution is 2.17. The van der Waals surface area contributed by atoms with E-state index in [-0.39, 0.29) is 18.0 Å². The standard InChI is InChI=1S/C9H11NO5/c1-3-15-8-5(6(11)7(8)12)10-4(2)9(13)14/h4,10H,3H2,1-2H3,(H,13,14)/t4-/m0/s1. The minimum absolute atomic E-state index is 0.0447. The van der Waals surface area contributed by atoms with E-state index in [0.29, 0.717) is 0 Å². The lowest BCUT2D eigenvalue weighted by atomic mass is 10.2. The Kier molecular flexibility index (Phi) is 3.08. The van der Waals surface area contributed by atoms with Gasteiger partial charge in [-0.2, -0.15) is 0 Å². The molecule has 0 saturated carbocycles. The Morgan fingerprint density at radius 3 is 2.53 bits per heavy atom. The second kappa shape index (κ2) is 4.12. The van der Waals surface area contributed by atoms with E-state index in [4.69, 9.17) is 9.84 Å². The van der Waals surface area contributed by atoms with Gasteiger partial charge < -0.3 is 15.2 Å². The molecule has 0 radical (unpaired) electrons. The monoisotopic (exact) mass is 213 g/mol. The van der Waals surface area contributed by atoms with Gasteiger partial charge in [-0.1, -0.05) is 0 Å². The van der Waals surface area contributed by atoms with Crippen molar-refractivity contribution in [2.24, 2.45) is 0 Å². The van der Waals surface area contributed by atoms with Crippen molar-refractivity contribution < 1.29 is 14.6 Å². The summed E-state index contributed by atoms with van der Waals surface area (Å²) in [6.45, 7) is 3.29. The molecule has 0 bridgehead atoms. The molecule has 6 heteroatoms. The highest BCUT2D eigenvalue weighted by Gasteiger charge is 2.25. The number of carbonyl (C=O) groups is 1. The molecule has 0 aromatic heterocycles. The van der Waals surface area contributed by atoms with Gasteiger partial charge in [0.2, 0.25) is 0 Å². The maximum Gasteiger partial charge on any atom is 0.325 e. The fourth-order valence-electron chi connectivity index (χ4n) is 1.06. The summed E-state index contributed by atoms with van der Waals surface area (Å²) in [6.07, 6.45) is 0. The molecule has 0 aliphatic carbocycles. The maximum atomic E-state index is 11.1. The van der Waals surface area contributed by atoms with Crippen LogP contribution in [0.4, 0.5) is 5.69 Å². The third-order valence-electron chi connectivity index (χ3n) is 1.89. The van der Waals surface area contributed by atoms with Crippen LogP contribution in [0.15, 0.2) is 9.59 Å². The lowest BCUT2D eigenvalue weighted by Gasteiger charge is -2.15. The highest BCUT2D eigenvalue weighted by atomic mass is 16.5. The zero-order valence-corrected chi connectivity index (χ0v) is 8.36. The molecule has 0 heterocycles. The van der Waals surface area contributed by atoms with E-state index < -0.39 is 22.9 Å². The minimum atomic E-state index is -1.11. The number of nitrogens with one attached hydrogen (secondary N) is 1. The lowest BCUT2D eigenvalue weighted by molar-refractivity contribution is -0.137. The van der Waals surface area contributed by atoms with Gasteiger partial charge in [0.05, 0.1) is 6.61 Å². The van der Waals surface area contributed by atoms with Crippen LogP contribution in [-0.4, -0.2) is 23.7 Å². The zero-order valence-electron chi connectivity index (χ0n) is 8.36. The van der Waals surface area contributed by atoms with E-state index >= 15 is 0 Å². The van der Waals surface area contributed by atoms with Crippen LogP contribution in [0.25, 0.3) is 0 Å². The first kappa shape index (κ1) is 11.2. The van der Waals surface area contributed by atoms with Gasteiger partial charge in [-0.3, -0.25) is 14.4 Å². The molecular formula is C9H11NO5. The molecule has 15 heavy (non-hydrogen) atoms. The summed E-state index contributed by atoms with van der Waals surface area (Å²) in [4.78, 5) is 32.6. The van der Waals surface area contributed by atoms with Crippen LogP contribution < -0.4 is 20.9 Å². The highest BCUT2D eigenvalue weighted by molar-refractivity contribution is 5.78. The van der Waals surface area contributed by atoms with Crippen LogP contribution in [0.5, 0.6) is 5.75 Å². The number of carboxylic acids is 1. The summed E-state index contributed by atoms with van der Waals surface area (Å²) in [7, 11) is 0. The first-order valence-electron chi connectivity index (χ1n) is 4.44. The molecule has 1 atom stereocenters. The molecule has 0 saturated heterocycles. The molecule has 0 unspecified atom stereocenters. The number of rotatable bonds is 5. The fraction of sp³-hybridized carbons (Fsp3) is 0.444. The van der Waals surface area contributed by atoms with E-state index in [2.05, 4.69) is 5.32 Å². The molecule has 2 N–H and O–H groups in total. The Labute approximate surface area is 85.2 Å². The zero-order chi connectivity index (χ0) is 11.6.